The Morgan fingerprint density at radius 2 is 1.72 bits per heavy atom. The van der Waals surface area contributed by atoms with Crippen LogP contribution in [0.3, 0.4) is 0 Å². The Hall–Kier alpha value is -1.88. The molecule has 1 aromatic carbocycles. The van der Waals surface area contributed by atoms with Crippen LogP contribution in [-0.4, -0.2) is 48.4 Å². The molecule has 0 aliphatic carbocycles. The zero-order valence-corrected chi connectivity index (χ0v) is 15.4. The normalized spacial score (nSPS) is 19.3. The van der Waals surface area contributed by atoms with Gasteiger partial charge < -0.3 is 10.2 Å². The number of hydrogen-bond donors (Lipinski definition) is 1. The first-order valence-corrected chi connectivity index (χ1v) is 9.41. The molecule has 0 radical (unpaired) electrons. The van der Waals surface area contributed by atoms with Crippen LogP contribution in [0, 0.1) is 0 Å². The second-order valence-corrected chi connectivity index (χ2v) is 7.74. The number of amides is 2. The molecule has 2 amide bonds. The van der Waals surface area contributed by atoms with Crippen LogP contribution in [0.15, 0.2) is 24.3 Å². The van der Waals surface area contributed by atoms with Gasteiger partial charge in [0.2, 0.25) is 5.91 Å². The molecular formula is C20H29N3O2. The second kappa shape index (κ2) is 7.56. The Morgan fingerprint density at radius 3 is 2.32 bits per heavy atom. The fourth-order valence-corrected chi connectivity index (χ4v) is 3.72. The van der Waals surface area contributed by atoms with Crippen LogP contribution in [0.1, 0.15) is 56.3 Å². The van der Waals surface area contributed by atoms with E-state index in [0.717, 1.165) is 31.7 Å². The molecule has 2 aliphatic rings. The summed E-state index contributed by atoms with van der Waals surface area (Å²) in [7, 11) is 0. The lowest BCUT2D eigenvalue weighted by Gasteiger charge is -2.41. The van der Waals surface area contributed by atoms with Crippen LogP contribution >= 0.6 is 0 Å². The smallest absolute Gasteiger partial charge is 0.251 e. The summed E-state index contributed by atoms with van der Waals surface area (Å²) in [6.45, 7) is 8.02. The number of anilines is 1. The third-order valence-corrected chi connectivity index (χ3v) is 5.41. The van der Waals surface area contributed by atoms with E-state index < -0.39 is 0 Å². The molecule has 0 bridgehead atoms. The third-order valence-electron chi connectivity index (χ3n) is 5.41. The van der Waals surface area contributed by atoms with Crippen LogP contribution in [-0.2, 0) is 4.79 Å². The minimum absolute atomic E-state index is 0.0298. The summed E-state index contributed by atoms with van der Waals surface area (Å²) in [5.74, 6) is 0.116. The van der Waals surface area contributed by atoms with Gasteiger partial charge in [0, 0.05) is 36.3 Å². The summed E-state index contributed by atoms with van der Waals surface area (Å²) >= 11 is 0. The standard InChI is InChI=1S/C20H29N3O2/c1-20(2,22-12-4-3-5-13-22)15-21-19(25)16-8-10-17(11-9-16)23-14-6-7-18(23)24/h8-11H,3-7,12-15H2,1-2H3,(H,21,25). The minimum atomic E-state index is -0.0515. The van der Waals surface area contributed by atoms with E-state index in [1.54, 1.807) is 4.90 Å². The molecule has 25 heavy (non-hydrogen) atoms. The van der Waals surface area contributed by atoms with Crippen LogP contribution in [0.5, 0.6) is 0 Å². The van der Waals surface area contributed by atoms with Gasteiger partial charge in [-0.25, -0.2) is 0 Å². The van der Waals surface area contributed by atoms with E-state index in [9.17, 15) is 9.59 Å². The van der Waals surface area contributed by atoms with E-state index >= 15 is 0 Å². The van der Waals surface area contributed by atoms with Crippen molar-refractivity contribution in [1.29, 1.82) is 0 Å². The summed E-state index contributed by atoms with van der Waals surface area (Å²) < 4.78 is 0. The number of rotatable bonds is 5. The van der Waals surface area contributed by atoms with Crippen molar-refractivity contribution in [2.24, 2.45) is 0 Å². The van der Waals surface area contributed by atoms with Gasteiger partial charge >= 0.3 is 0 Å². The molecule has 0 atom stereocenters. The average Bonchev–Trinajstić information content (AvgIpc) is 3.06. The number of piperidine rings is 1. The van der Waals surface area contributed by atoms with E-state index in [4.69, 9.17) is 0 Å². The highest BCUT2D eigenvalue weighted by Crippen LogP contribution is 2.22. The number of benzene rings is 1. The highest BCUT2D eigenvalue weighted by molar-refractivity contribution is 5.97. The van der Waals surface area contributed by atoms with E-state index in [1.807, 2.05) is 24.3 Å². The second-order valence-electron chi connectivity index (χ2n) is 7.74. The van der Waals surface area contributed by atoms with Crippen molar-refractivity contribution < 1.29 is 9.59 Å². The number of hydrogen-bond acceptors (Lipinski definition) is 3. The fourth-order valence-electron chi connectivity index (χ4n) is 3.72. The molecule has 2 heterocycles. The summed E-state index contributed by atoms with van der Waals surface area (Å²) in [5, 5.41) is 3.07. The Kier molecular flexibility index (Phi) is 5.42. The molecule has 2 saturated heterocycles. The maximum Gasteiger partial charge on any atom is 0.251 e. The van der Waals surface area contributed by atoms with Crippen LogP contribution in [0.25, 0.3) is 0 Å². The Balaban J connectivity index is 1.56. The largest absolute Gasteiger partial charge is 0.350 e. The maximum atomic E-state index is 12.5. The molecule has 5 heteroatoms. The van der Waals surface area contributed by atoms with Crippen molar-refractivity contribution in [3.8, 4) is 0 Å². The zero-order valence-electron chi connectivity index (χ0n) is 15.4. The molecule has 0 unspecified atom stereocenters. The number of likely N-dealkylation sites (tertiary alicyclic amines) is 1. The molecule has 0 spiro atoms. The molecule has 5 nitrogen and oxygen atoms in total. The van der Waals surface area contributed by atoms with Gasteiger partial charge in [0.15, 0.2) is 0 Å². The maximum absolute atomic E-state index is 12.5. The Morgan fingerprint density at radius 1 is 1.04 bits per heavy atom. The van der Waals surface area contributed by atoms with Crippen molar-refractivity contribution >= 4 is 17.5 Å². The Labute approximate surface area is 150 Å². The third kappa shape index (κ3) is 4.21. The Bertz CT molecular complexity index is 618. The molecule has 1 N–H and O–H groups in total. The lowest BCUT2D eigenvalue weighted by atomic mass is 9.98. The van der Waals surface area contributed by atoms with Gasteiger partial charge in [-0.05, 0) is 70.5 Å². The zero-order chi connectivity index (χ0) is 17.9. The number of carbonyl (C=O) groups excluding carboxylic acids is 2. The quantitative estimate of drug-likeness (QED) is 0.894. The van der Waals surface area contributed by atoms with E-state index in [-0.39, 0.29) is 17.4 Å². The first-order chi connectivity index (χ1) is 12.0. The monoisotopic (exact) mass is 343 g/mol. The lowest BCUT2D eigenvalue weighted by Crippen LogP contribution is -2.53. The van der Waals surface area contributed by atoms with Crippen LogP contribution in [0.2, 0.25) is 0 Å². The van der Waals surface area contributed by atoms with E-state index in [0.29, 0.717) is 18.5 Å². The van der Waals surface area contributed by atoms with Crippen molar-refractivity contribution in [3.63, 3.8) is 0 Å². The van der Waals surface area contributed by atoms with Crippen LogP contribution in [0.4, 0.5) is 5.69 Å². The van der Waals surface area contributed by atoms with E-state index in [1.165, 1.54) is 19.3 Å². The summed E-state index contributed by atoms with van der Waals surface area (Å²) in [6, 6.07) is 7.36. The minimum Gasteiger partial charge on any atom is -0.350 e. The predicted octanol–water partition coefficient (Wildman–Crippen LogP) is 2.81. The highest BCUT2D eigenvalue weighted by Gasteiger charge is 2.28. The first-order valence-electron chi connectivity index (χ1n) is 9.41. The summed E-state index contributed by atoms with van der Waals surface area (Å²) in [5.41, 5.74) is 1.50. The number of nitrogens with zero attached hydrogens (tertiary/aromatic N) is 2. The van der Waals surface area contributed by atoms with Crippen molar-refractivity contribution in [1.82, 2.24) is 10.2 Å². The molecule has 136 valence electrons. The van der Waals surface area contributed by atoms with Gasteiger partial charge in [0.1, 0.15) is 0 Å². The SMILES string of the molecule is CC(C)(CNC(=O)c1ccc(N2CCCC2=O)cc1)N1CCCCC1. The van der Waals surface area contributed by atoms with E-state index in [2.05, 4.69) is 24.1 Å². The van der Waals surface area contributed by atoms with Gasteiger partial charge in [0.05, 0.1) is 0 Å². The van der Waals surface area contributed by atoms with Gasteiger partial charge in [-0.1, -0.05) is 6.42 Å². The molecular weight excluding hydrogens is 314 g/mol. The predicted molar refractivity (Wildman–Crippen MR) is 99.9 cm³/mol. The fraction of sp³-hybridized carbons (Fsp3) is 0.600. The molecule has 2 fully saturated rings. The average molecular weight is 343 g/mol. The summed E-state index contributed by atoms with van der Waals surface area (Å²) in [6.07, 6.45) is 5.33. The topological polar surface area (TPSA) is 52.7 Å². The number of carbonyl (C=O) groups is 2. The van der Waals surface area contributed by atoms with Crippen molar-refractivity contribution in [2.75, 3.05) is 31.1 Å². The first kappa shape index (κ1) is 17.9. The van der Waals surface area contributed by atoms with Gasteiger partial charge in [-0.15, -0.1) is 0 Å². The van der Waals surface area contributed by atoms with Gasteiger partial charge in [-0.3, -0.25) is 14.5 Å². The van der Waals surface area contributed by atoms with Crippen molar-refractivity contribution in [2.45, 2.75) is 51.5 Å². The molecule has 3 rings (SSSR count). The summed E-state index contributed by atoms with van der Waals surface area (Å²) in [4.78, 5) is 28.5. The highest BCUT2D eigenvalue weighted by atomic mass is 16.2. The van der Waals surface area contributed by atoms with Crippen LogP contribution < -0.4 is 10.2 Å². The van der Waals surface area contributed by atoms with Gasteiger partial charge in [-0.2, -0.15) is 0 Å². The number of nitrogens with one attached hydrogen (secondary N) is 1. The lowest BCUT2D eigenvalue weighted by molar-refractivity contribution is -0.117. The molecule has 0 aromatic heterocycles. The van der Waals surface area contributed by atoms with Gasteiger partial charge in [0.25, 0.3) is 5.91 Å². The molecule has 0 saturated carbocycles. The molecule has 1 aromatic rings. The van der Waals surface area contributed by atoms with Crippen molar-refractivity contribution in [3.05, 3.63) is 29.8 Å². The molecule has 2 aliphatic heterocycles.